The van der Waals surface area contributed by atoms with E-state index in [4.69, 9.17) is 9.47 Å². The summed E-state index contributed by atoms with van der Waals surface area (Å²) in [5.41, 5.74) is 0. The van der Waals surface area contributed by atoms with Crippen molar-refractivity contribution in [1.82, 2.24) is 10.0 Å². The third-order valence-electron chi connectivity index (χ3n) is 2.96. The van der Waals surface area contributed by atoms with Gasteiger partial charge in [0.2, 0.25) is 10.0 Å². The fraction of sp³-hybridized carbons (Fsp3) is 0.500. The summed E-state index contributed by atoms with van der Waals surface area (Å²) in [5.74, 6) is 0.993. The van der Waals surface area contributed by atoms with Gasteiger partial charge in [0.25, 0.3) is 0 Å². The molecule has 1 aromatic carbocycles. The van der Waals surface area contributed by atoms with Crippen LogP contribution in [0.3, 0.4) is 0 Å². The first-order valence-electron chi connectivity index (χ1n) is 6.20. The number of nitrogens with one attached hydrogen (secondary N) is 2. The van der Waals surface area contributed by atoms with Gasteiger partial charge in [0, 0.05) is 23.1 Å². The maximum atomic E-state index is 12.3. The number of likely N-dealkylation sites (N-methyl/N-ethyl adjacent to an activating group) is 1. The van der Waals surface area contributed by atoms with Crippen molar-refractivity contribution in [3.63, 3.8) is 0 Å². The van der Waals surface area contributed by atoms with Crippen molar-refractivity contribution in [3.05, 3.63) is 16.6 Å². The van der Waals surface area contributed by atoms with Gasteiger partial charge in [0.05, 0.1) is 0 Å². The molecule has 0 saturated carbocycles. The predicted molar refractivity (Wildman–Crippen MR) is 86.1 cm³/mol. The van der Waals surface area contributed by atoms with Crippen molar-refractivity contribution >= 4 is 38.4 Å². The Kier molecular flexibility index (Phi) is 6.73. The van der Waals surface area contributed by atoms with Crippen LogP contribution in [-0.2, 0) is 10.0 Å². The first-order chi connectivity index (χ1) is 9.44. The molecule has 0 aromatic heterocycles. The number of halogens is 2. The van der Waals surface area contributed by atoms with Crippen LogP contribution in [0.25, 0.3) is 0 Å². The minimum absolute atomic E-state index is 0. The van der Waals surface area contributed by atoms with E-state index in [-0.39, 0.29) is 23.3 Å². The molecule has 0 spiro atoms. The van der Waals surface area contributed by atoms with Crippen molar-refractivity contribution in [3.8, 4) is 11.5 Å². The largest absolute Gasteiger partial charge is 0.486 e. The lowest BCUT2D eigenvalue weighted by Gasteiger charge is -2.20. The van der Waals surface area contributed by atoms with Crippen molar-refractivity contribution in [1.29, 1.82) is 0 Å². The van der Waals surface area contributed by atoms with E-state index in [0.717, 1.165) is 0 Å². The van der Waals surface area contributed by atoms with Crippen LogP contribution in [0.2, 0.25) is 0 Å². The molecule has 2 rings (SSSR count). The molecule has 1 heterocycles. The molecule has 120 valence electrons. The molecule has 0 saturated heterocycles. The normalized spacial score (nSPS) is 15.2. The third-order valence-corrected chi connectivity index (χ3v) is 5.34. The monoisotopic (exact) mass is 400 g/mol. The van der Waals surface area contributed by atoms with E-state index in [0.29, 0.717) is 35.7 Å². The van der Waals surface area contributed by atoms with Gasteiger partial charge in [0.1, 0.15) is 18.1 Å². The Bertz CT molecular complexity index is 597. The highest BCUT2D eigenvalue weighted by Crippen LogP contribution is 2.37. The second-order valence-electron chi connectivity index (χ2n) is 4.47. The van der Waals surface area contributed by atoms with Crippen LogP contribution in [-0.4, -0.2) is 41.3 Å². The molecule has 0 fully saturated rings. The minimum Gasteiger partial charge on any atom is -0.486 e. The Hall–Kier alpha value is -0.540. The van der Waals surface area contributed by atoms with Crippen LogP contribution in [0.15, 0.2) is 21.5 Å². The second-order valence-corrected chi connectivity index (χ2v) is 7.06. The summed E-state index contributed by atoms with van der Waals surface area (Å²) >= 11 is 3.26. The third kappa shape index (κ3) is 4.46. The topological polar surface area (TPSA) is 76.7 Å². The highest BCUT2D eigenvalue weighted by atomic mass is 79.9. The van der Waals surface area contributed by atoms with Crippen LogP contribution >= 0.6 is 28.3 Å². The SMILES string of the molecule is CNC(C)CNS(=O)(=O)c1cc2c(cc1Br)OCCO2.Cl. The Morgan fingerprint density at radius 1 is 1.29 bits per heavy atom. The van der Waals surface area contributed by atoms with Gasteiger partial charge in [-0.25, -0.2) is 13.1 Å². The van der Waals surface area contributed by atoms with E-state index in [9.17, 15) is 8.42 Å². The molecular weight excluding hydrogens is 384 g/mol. The molecule has 0 radical (unpaired) electrons. The number of hydrogen-bond donors (Lipinski definition) is 2. The van der Waals surface area contributed by atoms with Gasteiger partial charge < -0.3 is 14.8 Å². The number of ether oxygens (including phenoxy) is 2. The maximum absolute atomic E-state index is 12.3. The van der Waals surface area contributed by atoms with Gasteiger partial charge in [0.15, 0.2) is 11.5 Å². The van der Waals surface area contributed by atoms with Crippen LogP contribution in [0, 0.1) is 0 Å². The molecular formula is C12H18BrClN2O4S. The highest BCUT2D eigenvalue weighted by molar-refractivity contribution is 9.10. The molecule has 0 aliphatic carbocycles. The Labute approximate surface area is 139 Å². The van der Waals surface area contributed by atoms with Gasteiger partial charge in [-0.15, -0.1) is 12.4 Å². The number of rotatable bonds is 5. The fourth-order valence-electron chi connectivity index (χ4n) is 1.67. The van der Waals surface area contributed by atoms with E-state index >= 15 is 0 Å². The van der Waals surface area contributed by atoms with E-state index < -0.39 is 10.0 Å². The van der Waals surface area contributed by atoms with Crippen molar-refractivity contribution in [2.75, 3.05) is 26.8 Å². The van der Waals surface area contributed by atoms with Crippen molar-refractivity contribution < 1.29 is 17.9 Å². The second kappa shape index (κ2) is 7.64. The summed E-state index contributed by atoms with van der Waals surface area (Å²) in [5, 5.41) is 2.97. The van der Waals surface area contributed by atoms with Crippen LogP contribution in [0.1, 0.15) is 6.92 Å². The van der Waals surface area contributed by atoms with Crippen LogP contribution in [0.4, 0.5) is 0 Å². The van der Waals surface area contributed by atoms with Gasteiger partial charge >= 0.3 is 0 Å². The molecule has 0 bridgehead atoms. The quantitative estimate of drug-likeness (QED) is 0.782. The minimum atomic E-state index is -3.60. The maximum Gasteiger partial charge on any atom is 0.241 e. The smallest absolute Gasteiger partial charge is 0.241 e. The van der Waals surface area contributed by atoms with E-state index in [1.54, 1.807) is 13.1 Å². The average molecular weight is 402 g/mol. The lowest BCUT2D eigenvalue weighted by Crippen LogP contribution is -2.37. The molecule has 6 nitrogen and oxygen atoms in total. The van der Waals surface area contributed by atoms with E-state index in [2.05, 4.69) is 26.0 Å². The fourth-order valence-corrected chi connectivity index (χ4v) is 3.83. The zero-order chi connectivity index (χ0) is 14.8. The summed E-state index contributed by atoms with van der Waals surface area (Å²) in [7, 11) is -1.83. The summed E-state index contributed by atoms with van der Waals surface area (Å²) in [6.45, 7) is 3.07. The van der Waals surface area contributed by atoms with Gasteiger partial charge in [-0.1, -0.05) is 0 Å². The first kappa shape index (κ1) is 18.5. The molecule has 1 unspecified atom stereocenters. The molecule has 1 aliphatic heterocycles. The van der Waals surface area contributed by atoms with E-state index in [1.165, 1.54) is 6.07 Å². The Balaban J connectivity index is 0.00000220. The zero-order valence-electron chi connectivity index (χ0n) is 11.7. The molecule has 1 aromatic rings. The summed E-state index contributed by atoms with van der Waals surface area (Å²) in [6, 6.07) is 3.14. The lowest BCUT2D eigenvalue weighted by atomic mass is 10.3. The highest BCUT2D eigenvalue weighted by Gasteiger charge is 2.23. The van der Waals surface area contributed by atoms with Crippen LogP contribution in [0.5, 0.6) is 11.5 Å². The number of fused-ring (bicyclic) bond motifs is 1. The van der Waals surface area contributed by atoms with Crippen LogP contribution < -0.4 is 19.5 Å². The standard InChI is InChI=1S/C12H17BrN2O4S.ClH/c1-8(14-2)7-15-20(16,17)12-6-11-10(5-9(12)13)18-3-4-19-11;/h5-6,8,14-15H,3-4,7H2,1-2H3;1H. The predicted octanol–water partition coefficient (Wildman–Crippen LogP) is 1.53. The first-order valence-corrected chi connectivity index (χ1v) is 8.47. The van der Waals surface area contributed by atoms with Crippen molar-refractivity contribution in [2.45, 2.75) is 17.9 Å². The summed E-state index contributed by atoms with van der Waals surface area (Å²) in [4.78, 5) is 0.144. The summed E-state index contributed by atoms with van der Waals surface area (Å²) < 4.78 is 38.4. The van der Waals surface area contributed by atoms with E-state index in [1.807, 2.05) is 6.92 Å². The number of sulfonamides is 1. The Morgan fingerprint density at radius 2 is 1.86 bits per heavy atom. The molecule has 2 N–H and O–H groups in total. The zero-order valence-corrected chi connectivity index (χ0v) is 14.9. The molecule has 21 heavy (non-hydrogen) atoms. The molecule has 9 heteroatoms. The lowest BCUT2D eigenvalue weighted by molar-refractivity contribution is 0.171. The Morgan fingerprint density at radius 3 is 2.43 bits per heavy atom. The number of benzene rings is 1. The average Bonchev–Trinajstić information content (AvgIpc) is 2.44. The molecule has 1 aliphatic rings. The van der Waals surface area contributed by atoms with Gasteiger partial charge in [-0.2, -0.15) is 0 Å². The number of hydrogen-bond acceptors (Lipinski definition) is 5. The van der Waals surface area contributed by atoms with Gasteiger partial charge in [-0.3, -0.25) is 0 Å². The van der Waals surface area contributed by atoms with Gasteiger partial charge in [-0.05, 0) is 36.0 Å². The molecule has 1 atom stereocenters. The summed E-state index contributed by atoms with van der Waals surface area (Å²) in [6.07, 6.45) is 0. The molecule has 0 amide bonds. The van der Waals surface area contributed by atoms with Crippen molar-refractivity contribution in [2.24, 2.45) is 0 Å².